The van der Waals surface area contributed by atoms with Gasteiger partial charge < -0.3 is 20.3 Å². The number of benzene rings is 1. The molecule has 7 heteroatoms. The normalized spacial score (nSPS) is 15.1. The van der Waals surface area contributed by atoms with E-state index >= 15 is 0 Å². The maximum Gasteiger partial charge on any atom is 0.409 e. The minimum atomic E-state index is -0.239. The number of amides is 2. The van der Waals surface area contributed by atoms with Crippen LogP contribution < -0.4 is 10.6 Å². The molecule has 2 rings (SSSR count). The first-order valence-corrected chi connectivity index (χ1v) is 9.09. The van der Waals surface area contributed by atoms with Crippen molar-refractivity contribution in [3.8, 4) is 0 Å². The van der Waals surface area contributed by atoms with Gasteiger partial charge in [0.05, 0.1) is 6.61 Å². The minimum absolute atomic E-state index is 0.0400. The topological polar surface area (TPSA) is 70.7 Å². The summed E-state index contributed by atoms with van der Waals surface area (Å²) in [4.78, 5) is 25.5. The Balaban J connectivity index is 1.67. The highest BCUT2D eigenvalue weighted by Gasteiger charge is 2.23. The van der Waals surface area contributed by atoms with E-state index in [0.29, 0.717) is 43.7 Å². The van der Waals surface area contributed by atoms with Gasteiger partial charge in [0, 0.05) is 42.8 Å². The Kier molecular flexibility index (Phi) is 7.52. The van der Waals surface area contributed by atoms with Gasteiger partial charge >= 0.3 is 6.09 Å². The first-order chi connectivity index (χ1) is 12.0. The van der Waals surface area contributed by atoms with E-state index in [4.69, 9.17) is 16.3 Å². The van der Waals surface area contributed by atoms with E-state index in [-0.39, 0.29) is 12.0 Å². The maximum atomic E-state index is 12.1. The predicted molar refractivity (Wildman–Crippen MR) is 99.1 cm³/mol. The van der Waals surface area contributed by atoms with E-state index in [0.717, 1.165) is 24.1 Å². The zero-order chi connectivity index (χ0) is 18.2. The molecule has 0 saturated carbocycles. The van der Waals surface area contributed by atoms with Gasteiger partial charge in [0.1, 0.15) is 0 Å². The van der Waals surface area contributed by atoms with Crippen LogP contribution in [0.4, 0.5) is 10.5 Å². The zero-order valence-corrected chi connectivity index (χ0v) is 15.6. The Hall–Kier alpha value is -1.79. The SMILES string of the molecule is CCOC(=O)N1CCC(NCCC(=O)Nc2cccc(Cl)c2C)CC1. The molecule has 1 aliphatic rings. The van der Waals surface area contributed by atoms with Gasteiger partial charge in [0.2, 0.25) is 5.91 Å². The van der Waals surface area contributed by atoms with Gasteiger partial charge in [0.25, 0.3) is 0 Å². The lowest BCUT2D eigenvalue weighted by molar-refractivity contribution is -0.116. The average molecular weight is 368 g/mol. The molecule has 6 nitrogen and oxygen atoms in total. The molecule has 2 N–H and O–H groups in total. The van der Waals surface area contributed by atoms with E-state index in [9.17, 15) is 9.59 Å². The summed E-state index contributed by atoms with van der Waals surface area (Å²) in [5, 5.41) is 6.92. The summed E-state index contributed by atoms with van der Waals surface area (Å²) >= 11 is 6.06. The molecule has 1 aromatic carbocycles. The smallest absolute Gasteiger partial charge is 0.409 e. The van der Waals surface area contributed by atoms with Crippen LogP contribution in [0, 0.1) is 6.92 Å². The Bertz CT molecular complexity index is 601. The van der Waals surface area contributed by atoms with Gasteiger partial charge in [-0.3, -0.25) is 4.79 Å². The molecule has 0 aliphatic carbocycles. The summed E-state index contributed by atoms with van der Waals surface area (Å²) in [5.74, 6) is -0.0400. The number of halogens is 1. The molecule has 1 heterocycles. The molecule has 138 valence electrons. The lowest BCUT2D eigenvalue weighted by Gasteiger charge is -2.31. The van der Waals surface area contributed by atoms with E-state index in [2.05, 4.69) is 10.6 Å². The van der Waals surface area contributed by atoms with Crippen molar-refractivity contribution in [3.63, 3.8) is 0 Å². The maximum absolute atomic E-state index is 12.1. The van der Waals surface area contributed by atoms with Crippen molar-refractivity contribution in [1.29, 1.82) is 0 Å². The molecule has 0 radical (unpaired) electrons. The van der Waals surface area contributed by atoms with Gasteiger partial charge in [-0.15, -0.1) is 0 Å². The Labute approximate surface area is 153 Å². The van der Waals surface area contributed by atoms with E-state index in [1.165, 1.54) is 0 Å². The second kappa shape index (κ2) is 9.63. The van der Waals surface area contributed by atoms with Gasteiger partial charge in [-0.2, -0.15) is 0 Å². The number of rotatable bonds is 6. The van der Waals surface area contributed by atoms with Crippen LogP contribution in [-0.4, -0.2) is 49.2 Å². The van der Waals surface area contributed by atoms with Crippen LogP contribution in [-0.2, 0) is 9.53 Å². The second-order valence-electron chi connectivity index (χ2n) is 6.12. The van der Waals surface area contributed by atoms with E-state index in [1.807, 2.05) is 26.0 Å². The summed E-state index contributed by atoms with van der Waals surface area (Å²) in [5.41, 5.74) is 1.62. The minimum Gasteiger partial charge on any atom is -0.450 e. The van der Waals surface area contributed by atoms with E-state index in [1.54, 1.807) is 11.0 Å². The molecule has 25 heavy (non-hydrogen) atoms. The zero-order valence-electron chi connectivity index (χ0n) is 14.8. The van der Waals surface area contributed by atoms with Gasteiger partial charge in [0.15, 0.2) is 0 Å². The summed E-state index contributed by atoms with van der Waals surface area (Å²) in [6.45, 7) is 6.07. The number of hydrogen-bond donors (Lipinski definition) is 2. The summed E-state index contributed by atoms with van der Waals surface area (Å²) in [7, 11) is 0. The number of nitrogens with zero attached hydrogens (tertiary/aromatic N) is 1. The molecular formula is C18H26ClN3O3. The summed E-state index contributed by atoms with van der Waals surface area (Å²) < 4.78 is 5.01. The summed E-state index contributed by atoms with van der Waals surface area (Å²) in [6, 6.07) is 5.79. The second-order valence-corrected chi connectivity index (χ2v) is 6.53. The Morgan fingerprint density at radius 2 is 2.04 bits per heavy atom. The third-order valence-electron chi connectivity index (χ3n) is 4.35. The molecule has 0 aromatic heterocycles. The van der Waals surface area contributed by atoms with Crippen LogP contribution in [0.3, 0.4) is 0 Å². The van der Waals surface area contributed by atoms with Crippen LogP contribution in [0.25, 0.3) is 0 Å². The molecule has 1 aliphatic heterocycles. The first-order valence-electron chi connectivity index (χ1n) is 8.71. The van der Waals surface area contributed by atoms with Crippen molar-refractivity contribution in [2.24, 2.45) is 0 Å². The Morgan fingerprint density at radius 3 is 2.72 bits per heavy atom. The highest BCUT2D eigenvalue weighted by molar-refractivity contribution is 6.31. The van der Waals surface area contributed by atoms with Gasteiger partial charge in [-0.1, -0.05) is 17.7 Å². The predicted octanol–water partition coefficient (Wildman–Crippen LogP) is 3.19. The Morgan fingerprint density at radius 1 is 1.32 bits per heavy atom. The lowest BCUT2D eigenvalue weighted by atomic mass is 10.1. The molecule has 1 aromatic rings. The third kappa shape index (κ3) is 5.90. The van der Waals surface area contributed by atoms with Crippen LogP contribution >= 0.6 is 11.6 Å². The van der Waals surface area contributed by atoms with Crippen molar-refractivity contribution in [2.75, 3.05) is 31.6 Å². The molecule has 0 spiro atoms. The molecule has 1 fully saturated rings. The molecule has 0 bridgehead atoms. The number of likely N-dealkylation sites (tertiary alicyclic amines) is 1. The lowest BCUT2D eigenvalue weighted by Crippen LogP contribution is -2.45. The fraction of sp³-hybridized carbons (Fsp3) is 0.556. The van der Waals surface area contributed by atoms with Crippen molar-refractivity contribution in [1.82, 2.24) is 10.2 Å². The number of carbonyl (C=O) groups is 2. The number of carbonyl (C=O) groups excluding carboxylic acids is 2. The molecular weight excluding hydrogens is 342 g/mol. The monoisotopic (exact) mass is 367 g/mol. The van der Waals surface area contributed by atoms with E-state index < -0.39 is 0 Å². The molecule has 2 amide bonds. The summed E-state index contributed by atoms with van der Waals surface area (Å²) in [6.07, 6.45) is 1.89. The fourth-order valence-corrected chi connectivity index (χ4v) is 3.00. The van der Waals surface area contributed by atoms with Crippen LogP contribution in [0.5, 0.6) is 0 Å². The number of nitrogens with one attached hydrogen (secondary N) is 2. The molecule has 0 atom stereocenters. The number of piperidine rings is 1. The van der Waals surface area contributed by atoms with Crippen molar-refractivity contribution in [3.05, 3.63) is 28.8 Å². The number of hydrogen-bond acceptors (Lipinski definition) is 4. The van der Waals surface area contributed by atoms with Crippen LogP contribution in [0.1, 0.15) is 31.7 Å². The quantitative estimate of drug-likeness (QED) is 0.810. The molecule has 1 saturated heterocycles. The average Bonchev–Trinajstić information content (AvgIpc) is 2.60. The van der Waals surface area contributed by atoms with Crippen molar-refractivity contribution in [2.45, 2.75) is 39.2 Å². The third-order valence-corrected chi connectivity index (χ3v) is 4.76. The first kappa shape index (κ1) is 19.5. The molecule has 0 unspecified atom stereocenters. The highest BCUT2D eigenvalue weighted by atomic mass is 35.5. The fourth-order valence-electron chi connectivity index (χ4n) is 2.83. The van der Waals surface area contributed by atoms with Gasteiger partial charge in [-0.25, -0.2) is 4.79 Å². The van der Waals surface area contributed by atoms with Crippen molar-refractivity contribution >= 4 is 29.3 Å². The number of anilines is 1. The number of ether oxygens (including phenoxy) is 1. The standard InChI is InChI=1S/C18H26ClN3O3/c1-3-25-18(24)22-11-8-14(9-12-22)20-10-7-17(23)21-16-6-4-5-15(19)13(16)2/h4-6,14,20H,3,7-12H2,1-2H3,(H,21,23). The van der Waals surface area contributed by atoms with Crippen LogP contribution in [0.15, 0.2) is 18.2 Å². The van der Waals surface area contributed by atoms with Crippen molar-refractivity contribution < 1.29 is 14.3 Å². The van der Waals surface area contributed by atoms with Gasteiger partial charge in [-0.05, 0) is 44.4 Å². The van der Waals surface area contributed by atoms with Crippen LogP contribution in [0.2, 0.25) is 5.02 Å². The highest BCUT2D eigenvalue weighted by Crippen LogP contribution is 2.22. The largest absolute Gasteiger partial charge is 0.450 e.